The molecule has 0 aromatic heterocycles. The molecule has 0 spiro atoms. The predicted octanol–water partition coefficient (Wildman–Crippen LogP) is 3.06. The van der Waals surface area contributed by atoms with Gasteiger partial charge in [-0.15, -0.1) is 0 Å². The number of hydrogen-bond donors (Lipinski definition) is 1. The second kappa shape index (κ2) is 6.17. The predicted molar refractivity (Wildman–Crippen MR) is 82.2 cm³/mol. The molecule has 0 saturated heterocycles. The summed E-state index contributed by atoms with van der Waals surface area (Å²) in [5.41, 5.74) is 1.13. The monoisotopic (exact) mass is 337 g/mol. The summed E-state index contributed by atoms with van der Waals surface area (Å²) in [6, 6.07) is 7.89. The maximum Gasteiger partial charge on any atom is 0.261 e. The van der Waals surface area contributed by atoms with E-state index < -0.39 is 0 Å². The Morgan fingerprint density at radius 2 is 2.00 bits per heavy atom. The van der Waals surface area contributed by atoms with Crippen molar-refractivity contribution in [3.05, 3.63) is 29.8 Å². The first-order valence-electron chi connectivity index (χ1n) is 7.38. The lowest BCUT2D eigenvalue weighted by atomic mass is 9.89. The summed E-state index contributed by atoms with van der Waals surface area (Å²) in [6.07, 6.45) is 5.16. The van der Waals surface area contributed by atoms with Crippen molar-refractivity contribution in [3.63, 3.8) is 0 Å². The minimum atomic E-state index is -0.347. The molecule has 1 aliphatic heterocycles. The van der Waals surface area contributed by atoms with Crippen LogP contribution in [-0.4, -0.2) is 23.4 Å². The molecule has 3 nitrogen and oxygen atoms in total. The average Bonchev–Trinajstić information content (AvgIpc) is 2.90. The van der Waals surface area contributed by atoms with Crippen LogP contribution in [0.1, 0.15) is 31.2 Å². The van der Waals surface area contributed by atoms with Gasteiger partial charge in [0.05, 0.1) is 0 Å². The van der Waals surface area contributed by atoms with Gasteiger partial charge in [-0.3, -0.25) is 4.79 Å². The molecule has 1 fully saturated rings. The first kappa shape index (κ1) is 13.9. The molecule has 1 unspecified atom stereocenters. The number of rotatable bonds is 3. The van der Waals surface area contributed by atoms with Gasteiger partial charge >= 0.3 is 0 Å². The molecule has 1 aliphatic carbocycles. The topological polar surface area (TPSA) is 38.3 Å². The SMILES string of the molecule is O=C(NCC1CCC(Br)CC1)C1Cc2ccccc2O1. The van der Waals surface area contributed by atoms with E-state index in [1.807, 2.05) is 24.3 Å². The van der Waals surface area contributed by atoms with Crippen molar-refractivity contribution >= 4 is 21.8 Å². The molecule has 0 radical (unpaired) electrons. The van der Waals surface area contributed by atoms with E-state index >= 15 is 0 Å². The lowest BCUT2D eigenvalue weighted by Crippen LogP contribution is -2.40. The molecular weight excluding hydrogens is 318 g/mol. The molecule has 1 heterocycles. The molecule has 2 aliphatic rings. The summed E-state index contributed by atoms with van der Waals surface area (Å²) in [5.74, 6) is 1.51. The van der Waals surface area contributed by atoms with Gasteiger partial charge in [0.1, 0.15) is 5.75 Å². The van der Waals surface area contributed by atoms with E-state index in [1.165, 1.54) is 25.7 Å². The normalized spacial score (nSPS) is 28.6. The molecule has 108 valence electrons. The third-order valence-corrected chi connectivity index (χ3v) is 5.20. The molecule has 1 aromatic carbocycles. The van der Waals surface area contributed by atoms with Gasteiger partial charge in [-0.1, -0.05) is 34.1 Å². The number of para-hydroxylation sites is 1. The Balaban J connectivity index is 1.47. The molecule has 1 N–H and O–H groups in total. The third kappa shape index (κ3) is 3.17. The quantitative estimate of drug-likeness (QED) is 0.861. The maximum atomic E-state index is 12.2. The average molecular weight is 338 g/mol. The Bertz CT molecular complexity index is 458. The van der Waals surface area contributed by atoms with E-state index in [1.54, 1.807) is 0 Å². The van der Waals surface area contributed by atoms with Crippen LogP contribution in [0.2, 0.25) is 0 Å². The van der Waals surface area contributed by atoms with E-state index in [9.17, 15) is 4.79 Å². The van der Waals surface area contributed by atoms with Crippen LogP contribution in [0.3, 0.4) is 0 Å². The minimum Gasteiger partial charge on any atom is -0.480 e. The van der Waals surface area contributed by atoms with E-state index in [0.29, 0.717) is 17.2 Å². The summed E-state index contributed by atoms with van der Waals surface area (Å²) in [7, 11) is 0. The molecule has 1 saturated carbocycles. The molecule has 20 heavy (non-hydrogen) atoms. The fourth-order valence-electron chi connectivity index (χ4n) is 3.01. The van der Waals surface area contributed by atoms with Gasteiger partial charge in [0.15, 0.2) is 6.10 Å². The highest BCUT2D eigenvalue weighted by Crippen LogP contribution is 2.29. The van der Waals surface area contributed by atoms with Crippen molar-refractivity contribution in [2.75, 3.05) is 6.54 Å². The fraction of sp³-hybridized carbons (Fsp3) is 0.562. The molecule has 1 atom stereocenters. The standard InChI is InChI=1S/C16H20BrNO2/c17-13-7-5-11(6-8-13)10-18-16(19)15-9-12-3-1-2-4-14(12)20-15/h1-4,11,13,15H,5-10H2,(H,18,19). The van der Waals surface area contributed by atoms with Crippen molar-refractivity contribution in [2.45, 2.75) is 43.0 Å². The number of alkyl halides is 1. The van der Waals surface area contributed by atoms with Gasteiger partial charge in [0.25, 0.3) is 5.91 Å². The Labute approximate surface area is 128 Å². The zero-order valence-corrected chi connectivity index (χ0v) is 13.1. The number of nitrogens with one attached hydrogen (secondary N) is 1. The lowest BCUT2D eigenvalue weighted by molar-refractivity contribution is -0.127. The third-order valence-electron chi connectivity index (χ3n) is 4.28. The van der Waals surface area contributed by atoms with E-state index in [0.717, 1.165) is 17.9 Å². The minimum absolute atomic E-state index is 0.0298. The van der Waals surface area contributed by atoms with Crippen LogP contribution in [0.15, 0.2) is 24.3 Å². The van der Waals surface area contributed by atoms with Gasteiger partial charge in [-0.05, 0) is 43.2 Å². The highest BCUT2D eigenvalue weighted by atomic mass is 79.9. The van der Waals surface area contributed by atoms with Crippen LogP contribution in [0.4, 0.5) is 0 Å². The van der Waals surface area contributed by atoms with Crippen molar-refractivity contribution in [1.29, 1.82) is 0 Å². The molecule has 3 rings (SSSR count). The first-order valence-corrected chi connectivity index (χ1v) is 8.30. The molecule has 0 bridgehead atoms. The van der Waals surface area contributed by atoms with Crippen LogP contribution < -0.4 is 10.1 Å². The smallest absolute Gasteiger partial charge is 0.261 e. The van der Waals surface area contributed by atoms with E-state index in [4.69, 9.17) is 4.74 Å². The van der Waals surface area contributed by atoms with E-state index in [2.05, 4.69) is 21.2 Å². The maximum absolute atomic E-state index is 12.2. The zero-order valence-electron chi connectivity index (χ0n) is 11.5. The van der Waals surface area contributed by atoms with E-state index in [-0.39, 0.29) is 12.0 Å². The highest BCUT2D eigenvalue weighted by molar-refractivity contribution is 9.09. The van der Waals surface area contributed by atoms with Gasteiger partial charge in [0, 0.05) is 17.8 Å². The largest absolute Gasteiger partial charge is 0.480 e. The number of carbonyl (C=O) groups excluding carboxylic acids is 1. The van der Waals surface area contributed by atoms with Crippen LogP contribution in [0.5, 0.6) is 5.75 Å². The molecule has 1 aromatic rings. The number of amides is 1. The highest BCUT2D eigenvalue weighted by Gasteiger charge is 2.29. The van der Waals surface area contributed by atoms with Gasteiger partial charge in [-0.2, -0.15) is 0 Å². The first-order chi connectivity index (χ1) is 9.72. The number of carbonyl (C=O) groups is 1. The zero-order chi connectivity index (χ0) is 13.9. The van der Waals surface area contributed by atoms with Crippen molar-refractivity contribution in [1.82, 2.24) is 5.32 Å². The van der Waals surface area contributed by atoms with Gasteiger partial charge in [-0.25, -0.2) is 0 Å². The second-order valence-electron chi connectivity index (χ2n) is 5.78. The molecular formula is C16H20BrNO2. The van der Waals surface area contributed by atoms with Gasteiger partial charge in [0.2, 0.25) is 0 Å². The summed E-state index contributed by atoms with van der Waals surface area (Å²) >= 11 is 3.66. The van der Waals surface area contributed by atoms with Crippen molar-refractivity contribution in [2.24, 2.45) is 5.92 Å². The summed E-state index contributed by atoms with van der Waals surface area (Å²) < 4.78 is 5.71. The number of ether oxygens (including phenoxy) is 1. The van der Waals surface area contributed by atoms with Crippen LogP contribution in [0, 0.1) is 5.92 Å². The lowest BCUT2D eigenvalue weighted by Gasteiger charge is -2.25. The van der Waals surface area contributed by atoms with Crippen LogP contribution in [-0.2, 0) is 11.2 Å². The Hall–Kier alpha value is -1.03. The number of hydrogen-bond acceptors (Lipinski definition) is 2. The van der Waals surface area contributed by atoms with Crippen LogP contribution >= 0.6 is 15.9 Å². The summed E-state index contributed by atoms with van der Waals surface area (Å²) in [4.78, 5) is 12.8. The second-order valence-corrected chi connectivity index (χ2v) is 7.08. The van der Waals surface area contributed by atoms with Crippen molar-refractivity contribution < 1.29 is 9.53 Å². The summed E-state index contributed by atoms with van der Waals surface area (Å²) in [6.45, 7) is 0.786. The summed E-state index contributed by atoms with van der Waals surface area (Å²) in [5, 5.41) is 3.06. The Kier molecular flexibility index (Phi) is 4.29. The molecule has 1 amide bonds. The fourth-order valence-corrected chi connectivity index (χ4v) is 3.54. The van der Waals surface area contributed by atoms with Crippen molar-refractivity contribution in [3.8, 4) is 5.75 Å². The Morgan fingerprint density at radius 3 is 2.75 bits per heavy atom. The number of fused-ring (bicyclic) bond motifs is 1. The number of benzene rings is 1. The van der Waals surface area contributed by atoms with Crippen LogP contribution in [0.25, 0.3) is 0 Å². The molecule has 4 heteroatoms. The number of halogens is 1. The van der Waals surface area contributed by atoms with Gasteiger partial charge < -0.3 is 10.1 Å². The Morgan fingerprint density at radius 1 is 1.25 bits per heavy atom.